The Morgan fingerprint density at radius 2 is 1.79 bits per heavy atom. The molecular formula is C14H11Cl2NOS. The zero-order valence-corrected chi connectivity index (χ0v) is 12.4. The Morgan fingerprint density at radius 3 is 2.37 bits per heavy atom. The maximum absolute atomic E-state index is 6.14. The van der Waals surface area contributed by atoms with Crippen LogP contribution < -0.4 is 10.5 Å². The van der Waals surface area contributed by atoms with Crippen LogP contribution in [0.25, 0.3) is 0 Å². The largest absolute Gasteiger partial charge is 0.456 e. The van der Waals surface area contributed by atoms with E-state index in [4.69, 9.17) is 45.9 Å². The van der Waals surface area contributed by atoms with Crippen molar-refractivity contribution in [2.24, 2.45) is 5.73 Å². The van der Waals surface area contributed by atoms with E-state index in [2.05, 4.69) is 0 Å². The minimum atomic E-state index is 0.302. The minimum absolute atomic E-state index is 0.302. The van der Waals surface area contributed by atoms with Crippen LogP contribution in [0.2, 0.25) is 10.0 Å². The third-order valence-electron chi connectivity index (χ3n) is 2.57. The first kappa shape index (κ1) is 14.1. The lowest BCUT2D eigenvalue weighted by atomic mass is 10.2. The van der Waals surface area contributed by atoms with E-state index in [0.29, 0.717) is 32.1 Å². The lowest BCUT2D eigenvalue weighted by Crippen LogP contribution is -2.08. The van der Waals surface area contributed by atoms with Gasteiger partial charge in [-0.05, 0) is 48.9 Å². The second kappa shape index (κ2) is 5.78. The number of thiocarbonyl (C=S) groups is 1. The van der Waals surface area contributed by atoms with E-state index >= 15 is 0 Å². The van der Waals surface area contributed by atoms with Gasteiger partial charge in [-0.1, -0.05) is 35.4 Å². The predicted octanol–water partition coefficient (Wildman–Crippen LogP) is 4.73. The van der Waals surface area contributed by atoms with E-state index in [0.717, 1.165) is 5.56 Å². The monoisotopic (exact) mass is 311 g/mol. The highest BCUT2D eigenvalue weighted by Crippen LogP contribution is 2.32. The number of ether oxygens (including phenoxy) is 1. The van der Waals surface area contributed by atoms with Gasteiger partial charge in [0.1, 0.15) is 16.5 Å². The van der Waals surface area contributed by atoms with E-state index < -0.39 is 0 Å². The zero-order chi connectivity index (χ0) is 14.0. The number of rotatable bonds is 3. The number of benzene rings is 2. The van der Waals surface area contributed by atoms with Crippen molar-refractivity contribution in [3.05, 3.63) is 57.6 Å². The Bertz CT molecular complexity index is 643. The predicted molar refractivity (Wildman–Crippen MR) is 83.6 cm³/mol. The second-order valence-corrected chi connectivity index (χ2v) is 5.30. The van der Waals surface area contributed by atoms with Crippen molar-refractivity contribution in [1.29, 1.82) is 0 Å². The summed E-state index contributed by atoms with van der Waals surface area (Å²) in [6.45, 7) is 1.92. The molecule has 0 saturated heterocycles. The highest BCUT2D eigenvalue weighted by Gasteiger charge is 2.08. The van der Waals surface area contributed by atoms with Crippen LogP contribution in [0.1, 0.15) is 11.1 Å². The average molecular weight is 312 g/mol. The minimum Gasteiger partial charge on any atom is -0.456 e. The molecule has 0 aromatic heterocycles. The van der Waals surface area contributed by atoms with Gasteiger partial charge in [0.15, 0.2) is 0 Å². The van der Waals surface area contributed by atoms with Crippen molar-refractivity contribution in [2.75, 3.05) is 0 Å². The molecule has 2 nitrogen and oxygen atoms in total. The molecule has 2 aromatic carbocycles. The highest BCUT2D eigenvalue weighted by atomic mass is 35.5. The summed E-state index contributed by atoms with van der Waals surface area (Å²) in [4.78, 5) is 0.302. The summed E-state index contributed by atoms with van der Waals surface area (Å²) >= 11 is 16.9. The lowest BCUT2D eigenvalue weighted by Gasteiger charge is -2.11. The van der Waals surface area contributed by atoms with Crippen LogP contribution in [0.5, 0.6) is 11.5 Å². The molecule has 0 aliphatic carbocycles. The third kappa shape index (κ3) is 3.38. The van der Waals surface area contributed by atoms with E-state index in [9.17, 15) is 0 Å². The molecule has 0 amide bonds. The molecule has 0 aliphatic heterocycles. The van der Waals surface area contributed by atoms with Gasteiger partial charge in [0, 0.05) is 10.6 Å². The first-order valence-electron chi connectivity index (χ1n) is 5.51. The Morgan fingerprint density at radius 1 is 1.11 bits per heavy atom. The third-order valence-corrected chi connectivity index (χ3v) is 3.34. The van der Waals surface area contributed by atoms with Crippen LogP contribution in [0.4, 0.5) is 0 Å². The summed E-state index contributed by atoms with van der Waals surface area (Å²) in [6.07, 6.45) is 0. The van der Waals surface area contributed by atoms with Gasteiger partial charge in [0.05, 0.1) is 5.02 Å². The van der Waals surface area contributed by atoms with Crippen LogP contribution in [-0.4, -0.2) is 4.99 Å². The van der Waals surface area contributed by atoms with Crippen LogP contribution >= 0.6 is 35.4 Å². The first-order chi connectivity index (χ1) is 8.97. The number of hydrogen-bond acceptors (Lipinski definition) is 2. The van der Waals surface area contributed by atoms with Crippen LogP contribution in [0, 0.1) is 6.92 Å². The topological polar surface area (TPSA) is 35.2 Å². The molecule has 0 spiro atoms. The Hall–Kier alpha value is -1.29. The fraction of sp³-hybridized carbons (Fsp3) is 0.0714. The van der Waals surface area contributed by atoms with Gasteiger partial charge in [-0.25, -0.2) is 0 Å². The van der Waals surface area contributed by atoms with Gasteiger partial charge in [-0.2, -0.15) is 0 Å². The van der Waals surface area contributed by atoms with Gasteiger partial charge in [0.2, 0.25) is 0 Å². The van der Waals surface area contributed by atoms with Crippen molar-refractivity contribution < 1.29 is 4.74 Å². The number of aryl methyl sites for hydroxylation is 1. The fourth-order valence-corrected chi connectivity index (χ4v) is 2.16. The van der Waals surface area contributed by atoms with Gasteiger partial charge in [-0.15, -0.1) is 0 Å². The molecule has 0 atom stereocenters. The standard InChI is InChI=1S/C14H11Cl2NOS/c1-8-6-10(15)3-5-12(8)18-13-4-2-9(14(17)19)7-11(13)16/h2-7H,1H3,(H2,17,19). The molecule has 0 unspecified atom stereocenters. The van der Waals surface area contributed by atoms with Crippen molar-refractivity contribution in [2.45, 2.75) is 6.92 Å². The van der Waals surface area contributed by atoms with Gasteiger partial charge in [0.25, 0.3) is 0 Å². The molecule has 0 fully saturated rings. The van der Waals surface area contributed by atoms with Crippen molar-refractivity contribution >= 4 is 40.4 Å². The zero-order valence-electron chi connectivity index (χ0n) is 10.1. The Balaban J connectivity index is 2.31. The van der Waals surface area contributed by atoms with Crippen molar-refractivity contribution in [1.82, 2.24) is 0 Å². The molecule has 2 aromatic rings. The lowest BCUT2D eigenvalue weighted by molar-refractivity contribution is 0.479. The molecule has 2 N–H and O–H groups in total. The smallest absolute Gasteiger partial charge is 0.146 e. The average Bonchev–Trinajstić information content (AvgIpc) is 2.34. The second-order valence-electron chi connectivity index (χ2n) is 4.02. The summed E-state index contributed by atoms with van der Waals surface area (Å²) in [7, 11) is 0. The van der Waals surface area contributed by atoms with E-state index in [-0.39, 0.29) is 0 Å². The molecule has 0 saturated carbocycles. The van der Waals surface area contributed by atoms with Gasteiger partial charge in [-0.3, -0.25) is 0 Å². The molecule has 5 heteroatoms. The normalized spacial score (nSPS) is 10.3. The van der Waals surface area contributed by atoms with Crippen LogP contribution in [-0.2, 0) is 0 Å². The SMILES string of the molecule is Cc1cc(Cl)ccc1Oc1ccc(C(N)=S)cc1Cl. The van der Waals surface area contributed by atoms with Crippen molar-refractivity contribution in [3.8, 4) is 11.5 Å². The molecule has 19 heavy (non-hydrogen) atoms. The Labute approximate surface area is 127 Å². The number of hydrogen-bond donors (Lipinski definition) is 1. The van der Waals surface area contributed by atoms with E-state index in [1.807, 2.05) is 13.0 Å². The number of halogens is 2. The van der Waals surface area contributed by atoms with Crippen molar-refractivity contribution in [3.63, 3.8) is 0 Å². The molecule has 98 valence electrons. The molecule has 0 radical (unpaired) electrons. The summed E-state index contributed by atoms with van der Waals surface area (Å²) in [5, 5.41) is 1.12. The molecule has 0 bridgehead atoms. The fourth-order valence-electron chi connectivity index (χ4n) is 1.58. The first-order valence-corrected chi connectivity index (χ1v) is 6.67. The molecule has 2 rings (SSSR count). The maximum atomic E-state index is 6.14. The number of nitrogens with two attached hydrogens (primary N) is 1. The summed E-state index contributed by atoms with van der Waals surface area (Å²) < 4.78 is 5.75. The molecule has 0 heterocycles. The van der Waals surface area contributed by atoms with Crippen LogP contribution in [0.15, 0.2) is 36.4 Å². The summed E-state index contributed by atoms with van der Waals surface area (Å²) in [5.74, 6) is 1.25. The van der Waals surface area contributed by atoms with E-state index in [1.165, 1.54) is 0 Å². The molecule has 0 aliphatic rings. The summed E-state index contributed by atoms with van der Waals surface area (Å²) in [6, 6.07) is 10.6. The van der Waals surface area contributed by atoms with E-state index in [1.54, 1.807) is 30.3 Å². The van der Waals surface area contributed by atoms with Gasteiger partial charge >= 0.3 is 0 Å². The van der Waals surface area contributed by atoms with Crippen LogP contribution in [0.3, 0.4) is 0 Å². The summed E-state index contributed by atoms with van der Waals surface area (Å²) in [5.41, 5.74) is 7.18. The maximum Gasteiger partial charge on any atom is 0.146 e. The quantitative estimate of drug-likeness (QED) is 0.832. The molecular weight excluding hydrogens is 301 g/mol. The Kier molecular flexibility index (Phi) is 4.30. The van der Waals surface area contributed by atoms with Gasteiger partial charge < -0.3 is 10.5 Å². The highest BCUT2D eigenvalue weighted by molar-refractivity contribution is 7.80.